The van der Waals surface area contributed by atoms with Gasteiger partial charge < -0.3 is 0 Å². The second-order valence-corrected chi connectivity index (χ2v) is 37.9. The lowest BCUT2D eigenvalue weighted by Crippen LogP contribution is -1.94. The van der Waals surface area contributed by atoms with Gasteiger partial charge in [-0.25, -0.2) is 0 Å². The van der Waals surface area contributed by atoms with Gasteiger partial charge >= 0.3 is 0 Å². The first-order valence-electron chi connectivity index (χ1n) is 48.2. The summed E-state index contributed by atoms with van der Waals surface area (Å²) in [7, 11) is 0. The minimum absolute atomic E-state index is 1.15. The van der Waals surface area contributed by atoms with Crippen molar-refractivity contribution in [2.45, 2.75) is 13.8 Å². The topological polar surface area (TPSA) is 0 Å². The van der Waals surface area contributed by atoms with Crippen LogP contribution >= 0.6 is 0 Å². The van der Waals surface area contributed by atoms with E-state index in [9.17, 15) is 0 Å². The maximum absolute atomic E-state index is 2.52. The lowest BCUT2D eigenvalue weighted by atomic mass is 9.81. The van der Waals surface area contributed by atoms with Crippen molar-refractivity contribution in [3.8, 4) is 122 Å². The van der Waals surface area contributed by atoms with Gasteiger partial charge in [-0.3, -0.25) is 0 Å². The fourth-order valence-corrected chi connectivity index (χ4v) is 24.0. The van der Waals surface area contributed by atoms with Gasteiger partial charge in [0.25, 0.3) is 0 Å². The van der Waals surface area contributed by atoms with Gasteiger partial charge in [0, 0.05) is 0 Å². The molecule has 0 bridgehead atoms. The highest BCUT2D eigenvalue weighted by Crippen LogP contribution is 2.57. The Morgan fingerprint density at radius 1 is 0.0942 bits per heavy atom. The zero-order valence-corrected chi connectivity index (χ0v) is 76.2. The third-order valence-electron chi connectivity index (χ3n) is 30.1. The quantitative estimate of drug-likeness (QED) is 0.0894. The van der Waals surface area contributed by atoms with Gasteiger partial charge in [-0.1, -0.05) is 460 Å². The number of fused-ring (bicyclic) bond motifs is 24. The van der Waals surface area contributed by atoms with E-state index in [1.807, 2.05) is 0 Å². The Kier molecular flexibility index (Phi) is 18.0. The Labute approximate surface area is 799 Å². The molecule has 0 fully saturated rings. The summed E-state index contributed by atoms with van der Waals surface area (Å²) in [5.41, 5.74) is 28.8. The summed E-state index contributed by atoms with van der Waals surface area (Å²) >= 11 is 0. The van der Waals surface area contributed by atoms with Crippen molar-refractivity contribution in [2.24, 2.45) is 0 Å². The van der Waals surface area contributed by atoms with E-state index in [1.165, 1.54) is 273 Å². The maximum Gasteiger partial charge on any atom is -0.00137 e. The van der Waals surface area contributed by atoms with Crippen LogP contribution in [0.5, 0.6) is 0 Å². The molecule has 0 amide bonds. The van der Waals surface area contributed by atoms with Gasteiger partial charge in [0.1, 0.15) is 0 Å². The molecule has 138 heavy (non-hydrogen) atoms. The largest absolute Gasteiger partial charge is 0.0622 e. The second-order valence-electron chi connectivity index (χ2n) is 37.9. The molecular weight excluding hydrogens is 1660 g/mol. The van der Waals surface area contributed by atoms with Crippen LogP contribution in [0.1, 0.15) is 11.1 Å². The van der Waals surface area contributed by atoms with E-state index in [1.54, 1.807) is 0 Å². The van der Waals surface area contributed by atoms with E-state index < -0.39 is 0 Å². The van der Waals surface area contributed by atoms with Crippen molar-refractivity contribution in [3.63, 3.8) is 0 Å². The van der Waals surface area contributed by atoms with Crippen LogP contribution in [0.4, 0.5) is 0 Å². The molecule has 0 aliphatic heterocycles. The number of aryl methyl sites for hydroxylation is 2. The fraction of sp³-hybridized carbons (Fsp3) is 0.0145. The van der Waals surface area contributed by atoms with Gasteiger partial charge in [-0.2, -0.15) is 0 Å². The van der Waals surface area contributed by atoms with Gasteiger partial charge in [0.15, 0.2) is 0 Å². The van der Waals surface area contributed by atoms with E-state index in [2.05, 4.69) is 499 Å². The summed E-state index contributed by atoms with van der Waals surface area (Å²) in [5.74, 6) is 0. The molecule has 0 spiro atoms. The van der Waals surface area contributed by atoms with Crippen LogP contribution in [0.2, 0.25) is 0 Å². The first-order valence-corrected chi connectivity index (χ1v) is 48.2. The Morgan fingerprint density at radius 3 is 0.384 bits per heavy atom. The van der Waals surface area contributed by atoms with E-state index in [4.69, 9.17) is 0 Å². The van der Waals surface area contributed by atoms with E-state index >= 15 is 0 Å². The molecule has 0 unspecified atom stereocenters. The molecule has 0 radical (unpaired) electrons. The van der Waals surface area contributed by atoms with E-state index in [-0.39, 0.29) is 0 Å². The van der Waals surface area contributed by atoms with Gasteiger partial charge in [-0.15, -0.1) is 0 Å². The molecule has 0 nitrogen and oxygen atoms in total. The van der Waals surface area contributed by atoms with Crippen LogP contribution < -0.4 is 0 Å². The van der Waals surface area contributed by atoms with Crippen LogP contribution in [0, 0.1) is 13.8 Å². The molecule has 0 heterocycles. The average molecular weight is 1740 g/mol. The normalized spacial score (nSPS) is 12.0. The lowest BCUT2D eigenvalue weighted by Gasteiger charge is -2.22. The van der Waals surface area contributed by atoms with Crippen molar-refractivity contribution < 1.29 is 0 Å². The summed E-state index contributed by atoms with van der Waals surface area (Å²) in [6.45, 7) is 4.45. The monoisotopic (exact) mass is 1740 g/mol. The van der Waals surface area contributed by atoms with Crippen molar-refractivity contribution in [1.29, 1.82) is 0 Å². The number of benzene rings is 28. The van der Waals surface area contributed by atoms with Crippen LogP contribution in [0.25, 0.3) is 295 Å². The Bertz CT molecular complexity index is 9390. The second kappa shape index (κ2) is 31.5. The predicted octanol–water partition coefficient (Wildman–Crippen LogP) is 39.1. The first kappa shape index (κ1) is 78.9. The minimum Gasteiger partial charge on any atom is -0.0622 e. The third-order valence-corrected chi connectivity index (χ3v) is 30.1. The summed E-state index contributed by atoms with van der Waals surface area (Å²) < 4.78 is 0. The fourth-order valence-electron chi connectivity index (χ4n) is 24.0. The van der Waals surface area contributed by atoms with Gasteiger partial charge in [0.2, 0.25) is 0 Å². The first-order chi connectivity index (χ1) is 68.3. The highest BCUT2D eigenvalue weighted by Gasteiger charge is 2.29. The van der Waals surface area contributed by atoms with Gasteiger partial charge in [0.05, 0.1) is 0 Å². The van der Waals surface area contributed by atoms with Crippen molar-refractivity contribution in [1.82, 2.24) is 0 Å². The highest BCUT2D eigenvalue weighted by molar-refractivity contribution is 6.38. The van der Waals surface area contributed by atoms with Crippen LogP contribution in [-0.4, -0.2) is 0 Å². The van der Waals surface area contributed by atoms with Crippen molar-refractivity contribution in [2.75, 3.05) is 0 Å². The molecule has 0 aliphatic rings. The zero-order valence-electron chi connectivity index (χ0n) is 76.2. The molecule has 0 N–H and O–H groups in total. The molecule has 28 aromatic rings. The molecule has 0 aromatic heterocycles. The standard InChI is InChI=1S/C138H86/c1-83-43-45-85-59-67-107-123(93-27-11-3-12-28-93)109-69-61-87-47-53-101(77-117(87)133(109)127(131(107)115(85)75-83)97-35-19-7-20-36-97)103-55-49-89-63-71-111-125(95-31-15-5-16-32-95)113-73-65-91-51-57-105(81-121(91)137(113)129(135(111)119(89)79-103)99-39-23-9-24-40-99)106-58-52-92-66-74-114-126(96-33-17-6-18-34-96)112-72-64-90-50-56-104(80-120(90)136(112)130(138(114)122(92)82-106)100-41-25-10-26-42-100)102-54-48-88-62-70-110-124(94-29-13-4-14-30-94)108-68-60-86-46-44-84(2)76-116(86)132(108)128(134(110)118(88)78-102)98-37-21-8-22-38-98/h3-82H,1-2H3. The Hall–Kier alpha value is -17.7. The molecule has 28 rings (SSSR count). The van der Waals surface area contributed by atoms with Crippen LogP contribution in [-0.2, 0) is 0 Å². The average Bonchev–Trinajstić information content (AvgIpc) is 0.716. The molecule has 0 heteroatoms. The van der Waals surface area contributed by atoms with Crippen LogP contribution in [0.3, 0.4) is 0 Å². The minimum atomic E-state index is 1.15. The zero-order chi connectivity index (χ0) is 90.9. The summed E-state index contributed by atoms with van der Waals surface area (Å²) in [4.78, 5) is 0. The van der Waals surface area contributed by atoms with Crippen molar-refractivity contribution in [3.05, 3.63) is 496 Å². The van der Waals surface area contributed by atoms with Crippen molar-refractivity contribution >= 4 is 172 Å². The number of rotatable bonds is 11. The molecule has 28 aromatic carbocycles. The summed E-state index contributed by atoms with van der Waals surface area (Å²) in [6, 6.07) is 185. The van der Waals surface area contributed by atoms with E-state index in [0.717, 1.165) is 33.4 Å². The smallest absolute Gasteiger partial charge is 0.00137 e. The Balaban J connectivity index is 0.673. The molecule has 0 saturated carbocycles. The SMILES string of the molecule is Cc1ccc2ccc3c(-c4ccccc4)c4ccc5ccc(-c6ccc7ccc8c(-c9ccccc9)c9ccc%10ccc(-c%11ccc%12ccc%13c(-c%14ccccc%14)c%14ccc%15ccc(-c%16ccc%17ccc%18c(-c%19ccccc%19)c%19ccc%20ccc(C)cc%20c%19c(-c%19ccccc%19)c%18c%17c%16)cc%15c%14c(-c%14ccccc%14)c%13c%12c%11)cc%10c9c(-c9ccccc9)c8c7c6)cc5c4c(-c4ccccc4)c3c2c1. The molecule has 0 atom stereocenters. The third kappa shape index (κ3) is 12.4. The van der Waals surface area contributed by atoms with Crippen LogP contribution in [0.15, 0.2) is 485 Å². The summed E-state index contributed by atoms with van der Waals surface area (Å²) in [5, 5.41) is 39.2. The predicted molar refractivity (Wildman–Crippen MR) is 596 cm³/mol. The molecule has 0 aliphatic carbocycles. The summed E-state index contributed by atoms with van der Waals surface area (Å²) in [6.07, 6.45) is 0. The molecule has 0 saturated heterocycles. The lowest BCUT2D eigenvalue weighted by molar-refractivity contribution is 1.51. The highest BCUT2D eigenvalue weighted by atomic mass is 14.3. The van der Waals surface area contributed by atoms with E-state index in [0.29, 0.717) is 0 Å². The number of hydrogen-bond donors (Lipinski definition) is 0. The van der Waals surface area contributed by atoms with Gasteiger partial charge in [-0.05, 0) is 345 Å². The molecular formula is C138H86. The number of hydrogen-bond acceptors (Lipinski definition) is 0. The Morgan fingerprint density at radius 2 is 0.225 bits per heavy atom. The molecule has 638 valence electrons. The maximum atomic E-state index is 2.52.